The molecule has 0 saturated heterocycles. The number of rotatable bonds is 2. The minimum absolute atomic E-state index is 0.246. The fourth-order valence-corrected chi connectivity index (χ4v) is 2.00. The van der Waals surface area contributed by atoms with Crippen molar-refractivity contribution in [3.05, 3.63) is 17.5 Å². The number of nitrogens with two attached hydrogens (primary N) is 1. The van der Waals surface area contributed by atoms with E-state index in [1.54, 1.807) is 0 Å². The molecule has 1 aromatic heterocycles. The van der Waals surface area contributed by atoms with Crippen molar-refractivity contribution in [2.75, 3.05) is 0 Å². The van der Waals surface area contributed by atoms with Crippen molar-refractivity contribution in [3.63, 3.8) is 0 Å². The largest absolute Gasteiger partial charge is 0.328 e. The number of fused-ring (bicyclic) bond motifs is 1. The van der Waals surface area contributed by atoms with Gasteiger partial charge in [-0.15, -0.1) is 0 Å². The van der Waals surface area contributed by atoms with E-state index < -0.39 is 0 Å². The first-order valence-corrected chi connectivity index (χ1v) is 5.06. The van der Waals surface area contributed by atoms with Gasteiger partial charge in [0.1, 0.15) is 0 Å². The van der Waals surface area contributed by atoms with E-state index in [4.69, 9.17) is 5.73 Å². The van der Waals surface area contributed by atoms with E-state index in [9.17, 15) is 0 Å². The van der Waals surface area contributed by atoms with E-state index in [2.05, 4.69) is 9.78 Å². The van der Waals surface area contributed by atoms with Crippen molar-refractivity contribution in [2.24, 2.45) is 5.73 Å². The summed E-state index contributed by atoms with van der Waals surface area (Å²) in [6.07, 6.45) is 6.71. The molecule has 0 spiro atoms. The van der Waals surface area contributed by atoms with Gasteiger partial charge < -0.3 is 5.73 Å². The van der Waals surface area contributed by atoms with Crippen molar-refractivity contribution in [3.8, 4) is 0 Å². The molecule has 0 bridgehead atoms. The Balaban J connectivity index is 2.21. The second kappa shape index (κ2) is 3.50. The molecule has 2 heterocycles. The molecule has 1 aromatic rings. The van der Waals surface area contributed by atoms with Gasteiger partial charge in [0.05, 0.1) is 6.20 Å². The van der Waals surface area contributed by atoms with Gasteiger partial charge in [-0.2, -0.15) is 5.10 Å². The smallest absolute Gasteiger partial charge is 0.0525 e. The number of nitrogens with zero attached hydrogens (tertiary/aromatic N) is 2. The van der Waals surface area contributed by atoms with Crippen LogP contribution in [-0.4, -0.2) is 15.8 Å². The molecule has 72 valence electrons. The maximum atomic E-state index is 5.78. The molecule has 0 aliphatic carbocycles. The Labute approximate surface area is 78.9 Å². The monoisotopic (exact) mass is 179 g/mol. The van der Waals surface area contributed by atoms with Crippen LogP contribution in [0.5, 0.6) is 0 Å². The molecule has 0 radical (unpaired) electrons. The first-order valence-electron chi connectivity index (χ1n) is 5.06. The van der Waals surface area contributed by atoms with Gasteiger partial charge in [-0.05, 0) is 38.2 Å². The van der Waals surface area contributed by atoms with Crippen molar-refractivity contribution < 1.29 is 0 Å². The molecule has 0 aromatic carbocycles. The molecule has 1 aliphatic heterocycles. The molecule has 0 fully saturated rings. The highest BCUT2D eigenvalue weighted by atomic mass is 15.3. The number of aromatic nitrogens is 2. The molecule has 0 saturated carbocycles. The van der Waals surface area contributed by atoms with E-state index in [0.29, 0.717) is 0 Å². The minimum Gasteiger partial charge on any atom is -0.328 e. The second-order valence-electron chi connectivity index (χ2n) is 3.98. The lowest BCUT2D eigenvalue weighted by Crippen LogP contribution is -2.19. The van der Waals surface area contributed by atoms with Crippen LogP contribution < -0.4 is 5.73 Å². The molecule has 3 heteroatoms. The summed E-state index contributed by atoms with van der Waals surface area (Å²) in [6.45, 7) is 3.14. The molecule has 0 unspecified atom stereocenters. The zero-order valence-corrected chi connectivity index (χ0v) is 8.16. The third kappa shape index (κ3) is 1.75. The van der Waals surface area contributed by atoms with Gasteiger partial charge >= 0.3 is 0 Å². The minimum atomic E-state index is 0.246. The predicted octanol–water partition coefficient (Wildman–Crippen LogP) is 1.11. The standard InChI is InChI=1S/C10H17N3/c1-8(11)6-9-7-12-13-5-3-2-4-10(9)13/h7-8H,2-6,11H2,1H3/t8-/m0/s1. The van der Waals surface area contributed by atoms with Crippen LogP contribution in [0.1, 0.15) is 31.0 Å². The maximum Gasteiger partial charge on any atom is 0.0525 e. The van der Waals surface area contributed by atoms with E-state index in [1.165, 1.54) is 30.5 Å². The summed E-state index contributed by atoms with van der Waals surface area (Å²) in [5.41, 5.74) is 8.56. The lowest BCUT2D eigenvalue weighted by Gasteiger charge is -2.15. The molecular formula is C10H17N3. The predicted molar refractivity (Wildman–Crippen MR) is 52.5 cm³/mol. The topological polar surface area (TPSA) is 43.8 Å². The van der Waals surface area contributed by atoms with E-state index in [1.807, 2.05) is 13.1 Å². The summed E-state index contributed by atoms with van der Waals surface area (Å²) in [4.78, 5) is 0. The van der Waals surface area contributed by atoms with Crippen LogP contribution in [0.25, 0.3) is 0 Å². The van der Waals surface area contributed by atoms with Gasteiger partial charge in [0, 0.05) is 18.3 Å². The van der Waals surface area contributed by atoms with Crippen LogP contribution in [0.4, 0.5) is 0 Å². The summed E-state index contributed by atoms with van der Waals surface area (Å²) in [7, 11) is 0. The molecule has 1 aliphatic rings. The molecule has 0 amide bonds. The number of aryl methyl sites for hydroxylation is 1. The van der Waals surface area contributed by atoms with Gasteiger partial charge in [0.2, 0.25) is 0 Å². The first kappa shape index (κ1) is 8.75. The van der Waals surface area contributed by atoms with Gasteiger partial charge in [-0.1, -0.05) is 0 Å². The average molecular weight is 179 g/mol. The quantitative estimate of drug-likeness (QED) is 0.739. The van der Waals surface area contributed by atoms with Gasteiger partial charge in [-0.3, -0.25) is 4.68 Å². The van der Waals surface area contributed by atoms with Crippen LogP contribution in [0.15, 0.2) is 6.20 Å². The maximum absolute atomic E-state index is 5.78. The van der Waals surface area contributed by atoms with E-state index >= 15 is 0 Å². The molecule has 2 N–H and O–H groups in total. The van der Waals surface area contributed by atoms with Gasteiger partial charge in [0.25, 0.3) is 0 Å². The average Bonchev–Trinajstić information content (AvgIpc) is 2.48. The Morgan fingerprint density at radius 2 is 2.46 bits per heavy atom. The fourth-order valence-electron chi connectivity index (χ4n) is 2.00. The highest BCUT2D eigenvalue weighted by Gasteiger charge is 2.14. The molecule has 13 heavy (non-hydrogen) atoms. The molecule has 1 atom stereocenters. The lowest BCUT2D eigenvalue weighted by molar-refractivity contribution is 0.483. The number of hydrogen-bond acceptors (Lipinski definition) is 2. The zero-order valence-electron chi connectivity index (χ0n) is 8.16. The third-order valence-electron chi connectivity index (χ3n) is 2.61. The van der Waals surface area contributed by atoms with Crippen LogP contribution in [0.3, 0.4) is 0 Å². The Hall–Kier alpha value is -0.830. The summed E-state index contributed by atoms with van der Waals surface area (Å²) < 4.78 is 2.14. The third-order valence-corrected chi connectivity index (χ3v) is 2.61. The zero-order chi connectivity index (χ0) is 9.26. The van der Waals surface area contributed by atoms with Crippen molar-refractivity contribution in [2.45, 2.75) is 45.2 Å². The lowest BCUT2D eigenvalue weighted by atomic mass is 10.0. The summed E-state index contributed by atoms with van der Waals surface area (Å²) in [5, 5.41) is 4.37. The van der Waals surface area contributed by atoms with Crippen LogP contribution in [-0.2, 0) is 19.4 Å². The van der Waals surface area contributed by atoms with E-state index in [-0.39, 0.29) is 6.04 Å². The Morgan fingerprint density at radius 3 is 3.23 bits per heavy atom. The van der Waals surface area contributed by atoms with Crippen LogP contribution >= 0.6 is 0 Å². The molecular weight excluding hydrogens is 162 g/mol. The van der Waals surface area contributed by atoms with Gasteiger partial charge in [-0.25, -0.2) is 0 Å². The Morgan fingerprint density at radius 1 is 1.62 bits per heavy atom. The SMILES string of the molecule is C[C@H](N)Cc1cnn2c1CCCC2. The molecule has 2 rings (SSSR count). The van der Waals surface area contributed by atoms with Crippen LogP contribution in [0.2, 0.25) is 0 Å². The summed E-state index contributed by atoms with van der Waals surface area (Å²) >= 11 is 0. The normalized spacial score (nSPS) is 18.3. The fraction of sp³-hybridized carbons (Fsp3) is 0.700. The Kier molecular flexibility index (Phi) is 2.36. The Bertz CT molecular complexity index is 288. The van der Waals surface area contributed by atoms with Crippen LogP contribution in [0, 0.1) is 0 Å². The molecule has 3 nitrogen and oxygen atoms in total. The van der Waals surface area contributed by atoms with Crippen molar-refractivity contribution >= 4 is 0 Å². The summed E-state index contributed by atoms with van der Waals surface area (Å²) in [6, 6.07) is 0.246. The number of hydrogen-bond donors (Lipinski definition) is 1. The summed E-state index contributed by atoms with van der Waals surface area (Å²) in [5.74, 6) is 0. The second-order valence-corrected chi connectivity index (χ2v) is 3.98. The van der Waals surface area contributed by atoms with E-state index in [0.717, 1.165) is 13.0 Å². The van der Waals surface area contributed by atoms with Gasteiger partial charge in [0.15, 0.2) is 0 Å². The van der Waals surface area contributed by atoms with Crippen molar-refractivity contribution in [1.29, 1.82) is 0 Å². The highest BCUT2D eigenvalue weighted by molar-refractivity contribution is 5.20. The van der Waals surface area contributed by atoms with Crippen molar-refractivity contribution in [1.82, 2.24) is 9.78 Å². The first-order chi connectivity index (χ1) is 6.27. The highest BCUT2D eigenvalue weighted by Crippen LogP contribution is 2.18.